The van der Waals surface area contributed by atoms with Gasteiger partial charge in [0.2, 0.25) is 0 Å². The van der Waals surface area contributed by atoms with E-state index >= 15 is 0 Å². The van der Waals surface area contributed by atoms with Gasteiger partial charge in [-0.3, -0.25) is 0 Å². The van der Waals surface area contributed by atoms with Crippen LogP contribution in [0.4, 0.5) is 11.6 Å². The van der Waals surface area contributed by atoms with Gasteiger partial charge in [-0.2, -0.15) is 4.98 Å². The summed E-state index contributed by atoms with van der Waals surface area (Å²) in [5.41, 5.74) is 7.08. The van der Waals surface area contributed by atoms with Crippen molar-refractivity contribution < 1.29 is 4.52 Å². The number of benzene rings is 1. The van der Waals surface area contributed by atoms with Gasteiger partial charge in [-0.05, 0) is 36.2 Å². The molecule has 0 bridgehead atoms. The lowest BCUT2D eigenvalue weighted by molar-refractivity contribution is 0.429. The molecule has 0 unspecified atom stereocenters. The molecule has 1 aromatic carbocycles. The van der Waals surface area contributed by atoms with Crippen molar-refractivity contribution in [2.45, 2.75) is 25.7 Å². The molecule has 2 heterocycles. The molecule has 2 aromatic rings. The van der Waals surface area contributed by atoms with Gasteiger partial charge in [0.25, 0.3) is 11.8 Å². The Kier molecular flexibility index (Phi) is 3.78. The minimum absolute atomic E-state index is 0.418. The zero-order chi connectivity index (χ0) is 13.9. The summed E-state index contributed by atoms with van der Waals surface area (Å²) in [6.45, 7) is 1.95. The number of nitrogens with two attached hydrogens (primary N) is 1. The molecule has 1 aromatic heterocycles. The largest absolute Gasteiger partial charge is 0.399 e. The predicted octanol–water partition coefficient (Wildman–Crippen LogP) is 3.35. The fourth-order valence-corrected chi connectivity index (χ4v) is 2.63. The third-order valence-electron chi connectivity index (χ3n) is 3.53. The minimum Gasteiger partial charge on any atom is -0.399 e. The van der Waals surface area contributed by atoms with E-state index in [9.17, 15) is 0 Å². The van der Waals surface area contributed by atoms with E-state index in [4.69, 9.17) is 21.9 Å². The number of hydrogen-bond donors (Lipinski definition) is 1. The molecule has 0 amide bonds. The number of hydrogen-bond acceptors (Lipinski definition) is 5. The third-order valence-corrected chi connectivity index (χ3v) is 3.85. The van der Waals surface area contributed by atoms with Crippen LogP contribution in [0.25, 0.3) is 11.5 Å². The summed E-state index contributed by atoms with van der Waals surface area (Å²) in [5, 5.41) is 4.63. The molecule has 20 heavy (non-hydrogen) atoms. The molecule has 1 aliphatic rings. The van der Waals surface area contributed by atoms with Crippen molar-refractivity contribution in [3.8, 4) is 11.5 Å². The Labute approximate surface area is 122 Å². The standard InChI is InChI=1S/C14H17ClN4O/c15-12-6-5-10(16)9-11(12)13-17-14(18-20-13)19-7-3-1-2-4-8-19/h5-6,9H,1-4,7-8,16H2. The van der Waals surface area contributed by atoms with Crippen LogP contribution < -0.4 is 10.6 Å². The highest BCUT2D eigenvalue weighted by molar-refractivity contribution is 6.33. The van der Waals surface area contributed by atoms with Gasteiger partial charge in [-0.15, -0.1) is 0 Å². The Bertz CT molecular complexity index is 591. The van der Waals surface area contributed by atoms with E-state index < -0.39 is 0 Å². The van der Waals surface area contributed by atoms with Gasteiger partial charge in [0.1, 0.15) is 0 Å². The maximum absolute atomic E-state index is 6.15. The van der Waals surface area contributed by atoms with Crippen LogP contribution in [0.2, 0.25) is 5.02 Å². The molecule has 0 radical (unpaired) electrons. The van der Waals surface area contributed by atoms with Crippen LogP contribution in [0.1, 0.15) is 25.7 Å². The molecular formula is C14H17ClN4O. The molecule has 1 aliphatic heterocycles. The first-order chi connectivity index (χ1) is 9.74. The summed E-state index contributed by atoms with van der Waals surface area (Å²) >= 11 is 6.15. The van der Waals surface area contributed by atoms with E-state index in [0.29, 0.717) is 28.1 Å². The average molecular weight is 293 g/mol. The Morgan fingerprint density at radius 2 is 1.90 bits per heavy atom. The average Bonchev–Trinajstić information content (AvgIpc) is 2.77. The summed E-state index contributed by atoms with van der Waals surface area (Å²) in [7, 11) is 0. The first kappa shape index (κ1) is 13.2. The van der Waals surface area contributed by atoms with Crippen molar-refractivity contribution in [3.05, 3.63) is 23.2 Å². The summed E-state index contributed by atoms with van der Waals surface area (Å²) in [6.07, 6.45) is 4.87. The first-order valence-corrected chi connectivity index (χ1v) is 7.26. The maximum Gasteiger partial charge on any atom is 0.266 e. The molecule has 0 aliphatic carbocycles. The number of rotatable bonds is 2. The fourth-order valence-electron chi connectivity index (χ4n) is 2.43. The Hall–Kier alpha value is -1.75. The summed E-state index contributed by atoms with van der Waals surface area (Å²) < 4.78 is 5.34. The molecule has 0 spiro atoms. The maximum atomic E-state index is 6.15. The van der Waals surface area contributed by atoms with Gasteiger partial charge in [-0.25, -0.2) is 0 Å². The SMILES string of the molecule is Nc1ccc(Cl)c(-c2nc(N3CCCCCC3)no2)c1. The second-order valence-corrected chi connectivity index (χ2v) is 5.45. The first-order valence-electron chi connectivity index (χ1n) is 6.88. The van der Waals surface area contributed by atoms with Crippen molar-refractivity contribution in [3.63, 3.8) is 0 Å². The van der Waals surface area contributed by atoms with Crippen molar-refractivity contribution >= 4 is 23.2 Å². The van der Waals surface area contributed by atoms with Gasteiger partial charge < -0.3 is 15.2 Å². The molecule has 6 heteroatoms. The van der Waals surface area contributed by atoms with Gasteiger partial charge in [0.15, 0.2) is 0 Å². The second-order valence-electron chi connectivity index (χ2n) is 5.04. The van der Waals surface area contributed by atoms with Crippen LogP contribution in [-0.2, 0) is 0 Å². The van der Waals surface area contributed by atoms with Crippen molar-refractivity contribution in [1.29, 1.82) is 0 Å². The lowest BCUT2D eigenvalue weighted by Crippen LogP contribution is -2.24. The Morgan fingerprint density at radius 1 is 1.15 bits per heavy atom. The van der Waals surface area contributed by atoms with E-state index in [1.807, 2.05) is 0 Å². The summed E-state index contributed by atoms with van der Waals surface area (Å²) in [6, 6.07) is 5.24. The number of nitrogens with zero attached hydrogens (tertiary/aromatic N) is 3. The van der Waals surface area contributed by atoms with Gasteiger partial charge >= 0.3 is 0 Å². The molecule has 5 nitrogen and oxygen atoms in total. The van der Waals surface area contributed by atoms with Gasteiger partial charge in [0.05, 0.1) is 10.6 Å². The Balaban J connectivity index is 1.87. The molecule has 1 fully saturated rings. The molecule has 2 N–H and O–H groups in total. The van der Waals surface area contributed by atoms with Gasteiger partial charge in [0, 0.05) is 18.8 Å². The molecule has 106 valence electrons. The lowest BCUT2D eigenvalue weighted by Gasteiger charge is -2.16. The highest BCUT2D eigenvalue weighted by Gasteiger charge is 2.18. The van der Waals surface area contributed by atoms with Crippen molar-refractivity contribution in [2.75, 3.05) is 23.7 Å². The van der Waals surface area contributed by atoms with Crippen LogP contribution in [-0.4, -0.2) is 23.2 Å². The fraction of sp³-hybridized carbons (Fsp3) is 0.429. The van der Waals surface area contributed by atoms with E-state index in [1.165, 1.54) is 25.7 Å². The molecular weight excluding hydrogens is 276 g/mol. The topological polar surface area (TPSA) is 68.2 Å². The molecule has 0 saturated carbocycles. The summed E-state index contributed by atoms with van der Waals surface area (Å²) in [5.74, 6) is 1.06. The monoisotopic (exact) mass is 292 g/mol. The van der Waals surface area contributed by atoms with E-state index in [1.54, 1.807) is 18.2 Å². The molecule has 3 rings (SSSR count). The van der Waals surface area contributed by atoms with Crippen LogP contribution >= 0.6 is 11.6 Å². The van der Waals surface area contributed by atoms with Crippen LogP contribution in [0, 0.1) is 0 Å². The highest BCUT2D eigenvalue weighted by Crippen LogP contribution is 2.30. The zero-order valence-electron chi connectivity index (χ0n) is 11.2. The summed E-state index contributed by atoms with van der Waals surface area (Å²) in [4.78, 5) is 6.62. The number of anilines is 2. The number of aromatic nitrogens is 2. The molecule has 0 atom stereocenters. The second kappa shape index (κ2) is 5.71. The van der Waals surface area contributed by atoms with E-state index in [-0.39, 0.29) is 0 Å². The van der Waals surface area contributed by atoms with Crippen molar-refractivity contribution in [1.82, 2.24) is 10.1 Å². The van der Waals surface area contributed by atoms with Crippen LogP contribution in [0.5, 0.6) is 0 Å². The van der Waals surface area contributed by atoms with E-state index in [0.717, 1.165) is 13.1 Å². The zero-order valence-corrected chi connectivity index (χ0v) is 11.9. The normalized spacial score (nSPS) is 16.1. The number of halogens is 1. The minimum atomic E-state index is 0.418. The molecule has 1 saturated heterocycles. The smallest absolute Gasteiger partial charge is 0.266 e. The van der Waals surface area contributed by atoms with E-state index in [2.05, 4.69) is 15.0 Å². The van der Waals surface area contributed by atoms with Gasteiger partial charge in [-0.1, -0.05) is 24.4 Å². The number of nitrogen functional groups attached to an aromatic ring is 1. The van der Waals surface area contributed by atoms with Crippen LogP contribution in [0.15, 0.2) is 22.7 Å². The lowest BCUT2D eigenvalue weighted by atomic mass is 10.2. The quantitative estimate of drug-likeness (QED) is 0.860. The highest BCUT2D eigenvalue weighted by atomic mass is 35.5. The third kappa shape index (κ3) is 2.72. The van der Waals surface area contributed by atoms with Crippen molar-refractivity contribution in [2.24, 2.45) is 0 Å². The Morgan fingerprint density at radius 3 is 2.65 bits per heavy atom. The van der Waals surface area contributed by atoms with Crippen LogP contribution in [0.3, 0.4) is 0 Å². The predicted molar refractivity (Wildman–Crippen MR) is 79.8 cm³/mol.